The van der Waals surface area contributed by atoms with Gasteiger partial charge in [0, 0.05) is 48.3 Å². The summed E-state index contributed by atoms with van der Waals surface area (Å²) in [7, 11) is 1.89. The Balaban J connectivity index is 1.46. The van der Waals surface area contributed by atoms with E-state index in [1.807, 2.05) is 49.9 Å². The Bertz CT molecular complexity index is 1570. The van der Waals surface area contributed by atoms with Crippen molar-refractivity contribution in [2.75, 3.05) is 13.2 Å². The average molecular weight is 474 g/mol. The van der Waals surface area contributed by atoms with Crippen LogP contribution in [0.5, 0.6) is 0 Å². The van der Waals surface area contributed by atoms with Gasteiger partial charge in [-0.1, -0.05) is 24.3 Å². The van der Waals surface area contributed by atoms with Gasteiger partial charge in [0.25, 0.3) is 5.56 Å². The van der Waals surface area contributed by atoms with Crippen LogP contribution in [0.2, 0.25) is 0 Å². The molecule has 6 rings (SSSR count). The molecule has 34 heavy (non-hydrogen) atoms. The van der Waals surface area contributed by atoms with Crippen LogP contribution in [0.25, 0.3) is 32.2 Å². The third kappa shape index (κ3) is 3.62. The maximum Gasteiger partial charge on any atom is 0.261 e. The van der Waals surface area contributed by atoms with Gasteiger partial charge in [-0.05, 0) is 23.4 Å². The van der Waals surface area contributed by atoms with E-state index in [1.54, 1.807) is 26.9 Å². The lowest BCUT2D eigenvalue weighted by Gasteiger charge is -2.29. The number of aryl methyl sites for hydroxylation is 1. The summed E-state index contributed by atoms with van der Waals surface area (Å²) < 4.78 is 8.68. The van der Waals surface area contributed by atoms with Crippen LogP contribution in [0.3, 0.4) is 0 Å². The van der Waals surface area contributed by atoms with Crippen molar-refractivity contribution in [3.8, 4) is 10.6 Å². The number of hydrogen-bond acceptors (Lipinski definition) is 7. The minimum absolute atomic E-state index is 0.136. The predicted molar refractivity (Wildman–Crippen MR) is 131 cm³/mol. The maximum absolute atomic E-state index is 13.6. The average Bonchev–Trinajstić information content (AvgIpc) is 3.49. The number of aliphatic hydroxyl groups is 1. The molecule has 1 fully saturated rings. The van der Waals surface area contributed by atoms with Crippen LogP contribution in [0.15, 0.2) is 60.0 Å². The predicted octanol–water partition coefficient (Wildman–Crippen LogP) is 3.32. The molecule has 1 aliphatic rings. The van der Waals surface area contributed by atoms with Crippen molar-refractivity contribution in [1.82, 2.24) is 24.3 Å². The molecule has 172 valence electrons. The highest BCUT2D eigenvalue weighted by molar-refractivity contribution is 7.15. The number of aromatic nitrogens is 5. The Morgan fingerprint density at radius 1 is 1.18 bits per heavy atom. The van der Waals surface area contributed by atoms with Gasteiger partial charge in [-0.15, -0.1) is 11.3 Å². The first kappa shape index (κ1) is 21.2. The summed E-state index contributed by atoms with van der Waals surface area (Å²) in [6, 6.07) is 9.67. The lowest BCUT2D eigenvalue weighted by molar-refractivity contribution is -0.0395. The number of benzene rings is 2. The molecule has 0 bridgehead atoms. The molecule has 8 nitrogen and oxygen atoms in total. The number of aliphatic hydroxyl groups excluding tert-OH is 1. The van der Waals surface area contributed by atoms with Crippen LogP contribution in [0.1, 0.15) is 22.9 Å². The van der Waals surface area contributed by atoms with Crippen molar-refractivity contribution < 1.29 is 9.84 Å². The Hall–Kier alpha value is -3.40. The standard InChI is InChI=1S/C25H23N5O3S/c1-29-12-16(10-28-29)24-26-11-17(34-24)8-15-9-20-23(19-5-3-2-4-18(15)19)27-14-30(25(20)32)21-6-7-33-13-22(21)31/h2-5,9-12,14,21-22,31H,6-8,13H2,1H3/t21-,22-/m0/s1. The van der Waals surface area contributed by atoms with E-state index in [2.05, 4.69) is 21.1 Å². The van der Waals surface area contributed by atoms with Crippen LogP contribution >= 0.6 is 11.3 Å². The topological polar surface area (TPSA) is 95.1 Å². The first-order chi connectivity index (χ1) is 16.6. The number of ether oxygens (including phenoxy) is 1. The lowest BCUT2D eigenvalue weighted by Crippen LogP contribution is -2.39. The second kappa shape index (κ2) is 8.43. The molecule has 0 saturated carbocycles. The second-order valence-corrected chi connectivity index (χ2v) is 9.76. The molecule has 0 amide bonds. The van der Waals surface area contributed by atoms with E-state index >= 15 is 0 Å². The van der Waals surface area contributed by atoms with Gasteiger partial charge in [-0.2, -0.15) is 5.10 Å². The van der Waals surface area contributed by atoms with E-state index in [1.165, 1.54) is 0 Å². The first-order valence-corrected chi connectivity index (χ1v) is 12.0. The zero-order valence-electron chi connectivity index (χ0n) is 18.6. The molecule has 9 heteroatoms. The summed E-state index contributed by atoms with van der Waals surface area (Å²) in [6.45, 7) is 0.739. The summed E-state index contributed by atoms with van der Waals surface area (Å²) in [6.07, 6.45) is 7.73. The summed E-state index contributed by atoms with van der Waals surface area (Å²) in [4.78, 5) is 23.9. The zero-order chi connectivity index (χ0) is 23.2. The second-order valence-electron chi connectivity index (χ2n) is 8.64. The fourth-order valence-corrected chi connectivity index (χ4v) is 5.62. The third-order valence-electron chi connectivity index (χ3n) is 6.40. The Kier molecular flexibility index (Phi) is 5.24. The van der Waals surface area contributed by atoms with Crippen molar-refractivity contribution in [2.45, 2.75) is 25.0 Å². The molecular formula is C25H23N5O3S. The Morgan fingerprint density at radius 3 is 2.82 bits per heavy atom. The van der Waals surface area contributed by atoms with Crippen LogP contribution < -0.4 is 5.56 Å². The van der Waals surface area contributed by atoms with Crippen molar-refractivity contribution in [3.05, 3.63) is 76.0 Å². The summed E-state index contributed by atoms with van der Waals surface area (Å²) in [5.41, 5.74) is 2.59. The Labute approximate surface area is 199 Å². The van der Waals surface area contributed by atoms with Crippen LogP contribution in [0, 0.1) is 0 Å². The molecule has 1 N–H and O–H groups in total. The van der Waals surface area contributed by atoms with E-state index in [0.29, 0.717) is 30.4 Å². The van der Waals surface area contributed by atoms with Gasteiger partial charge in [-0.3, -0.25) is 14.0 Å². The van der Waals surface area contributed by atoms with Gasteiger partial charge in [0.1, 0.15) is 5.01 Å². The van der Waals surface area contributed by atoms with Crippen LogP contribution in [-0.4, -0.2) is 48.7 Å². The molecule has 5 aromatic rings. The fraction of sp³-hybridized carbons (Fsp3) is 0.280. The minimum atomic E-state index is -0.728. The van der Waals surface area contributed by atoms with E-state index in [0.717, 1.165) is 31.8 Å². The first-order valence-electron chi connectivity index (χ1n) is 11.2. The molecule has 1 aliphatic heterocycles. The summed E-state index contributed by atoms with van der Waals surface area (Å²) >= 11 is 1.63. The van der Waals surface area contributed by atoms with Gasteiger partial charge in [0.2, 0.25) is 0 Å². The molecule has 1 saturated heterocycles. The van der Waals surface area contributed by atoms with Crippen LogP contribution in [-0.2, 0) is 18.2 Å². The van der Waals surface area contributed by atoms with E-state index in [9.17, 15) is 9.90 Å². The highest BCUT2D eigenvalue weighted by Gasteiger charge is 2.27. The zero-order valence-corrected chi connectivity index (χ0v) is 19.4. The van der Waals surface area contributed by atoms with Crippen molar-refractivity contribution in [1.29, 1.82) is 0 Å². The molecule has 4 heterocycles. The fourth-order valence-electron chi connectivity index (χ4n) is 4.71. The van der Waals surface area contributed by atoms with Gasteiger partial charge >= 0.3 is 0 Å². The quantitative estimate of drug-likeness (QED) is 0.403. The van der Waals surface area contributed by atoms with Gasteiger partial charge < -0.3 is 9.84 Å². The maximum atomic E-state index is 13.6. The van der Waals surface area contributed by atoms with Crippen molar-refractivity contribution in [3.63, 3.8) is 0 Å². The molecule has 2 aromatic carbocycles. The highest BCUT2D eigenvalue weighted by atomic mass is 32.1. The third-order valence-corrected chi connectivity index (χ3v) is 7.44. The molecule has 3 aromatic heterocycles. The summed E-state index contributed by atoms with van der Waals surface area (Å²) in [5, 5.41) is 18.2. The van der Waals surface area contributed by atoms with Gasteiger partial charge in [-0.25, -0.2) is 9.97 Å². The SMILES string of the molecule is Cn1cc(-c2ncc(Cc3cc4c(=O)n([C@H]5CCOC[C@@H]5O)cnc4c4ccccc34)s2)cn1. The monoisotopic (exact) mass is 473 g/mol. The largest absolute Gasteiger partial charge is 0.389 e. The number of thiazole rings is 1. The molecule has 2 atom stereocenters. The van der Waals surface area contributed by atoms with Crippen molar-refractivity contribution in [2.24, 2.45) is 7.05 Å². The number of nitrogens with zero attached hydrogens (tertiary/aromatic N) is 5. The molecular weight excluding hydrogens is 450 g/mol. The normalized spacial score (nSPS) is 18.6. The lowest BCUT2D eigenvalue weighted by atomic mass is 9.98. The van der Waals surface area contributed by atoms with E-state index < -0.39 is 6.10 Å². The van der Waals surface area contributed by atoms with Crippen LogP contribution in [0.4, 0.5) is 0 Å². The smallest absolute Gasteiger partial charge is 0.261 e. The molecule has 0 unspecified atom stereocenters. The number of fused-ring (bicyclic) bond motifs is 3. The highest BCUT2D eigenvalue weighted by Crippen LogP contribution is 2.31. The van der Waals surface area contributed by atoms with E-state index in [-0.39, 0.29) is 18.2 Å². The van der Waals surface area contributed by atoms with Gasteiger partial charge in [0.15, 0.2) is 0 Å². The molecule has 0 radical (unpaired) electrons. The summed E-state index contributed by atoms with van der Waals surface area (Å²) in [5.74, 6) is 0. The molecule has 0 spiro atoms. The van der Waals surface area contributed by atoms with E-state index in [4.69, 9.17) is 4.74 Å². The number of rotatable bonds is 4. The molecule has 0 aliphatic carbocycles. The Morgan fingerprint density at radius 2 is 2.03 bits per heavy atom. The number of hydrogen-bond donors (Lipinski definition) is 1. The van der Waals surface area contributed by atoms with Gasteiger partial charge in [0.05, 0.1) is 42.2 Å². The van der Waals surface area contributed by atoms with Crippen molar-refractivity contribution >= 4 is 33.0 Å². The minimum Gasteiger partial charge on any atom is -0.389 e.